The van der Waals surface area contributed by atoms with Gasteiger partial charge in [-0.2, -0.15) is 0 Å². The third-order valence-electron chi connectivity index (χ3n) is 2.00. The molecule has 0 bridgehead atoms. The molecule has 0 atom stereocenters. The van der Waals surface area contributed by atoms with Gasteiger partial charge in [0, 0.05) is 16.1 Å². The lowest BCUT2D eigenvalue weighted by Gasteiger charge is -2.03. The quantitative estimate of drug-likeness (QED) is 0.650. The summed E-state index contributed by atoms with van der Waals surface area (Å²) in [6.45, 7) is 2.05. The molecule has 0 saturated carbocycles. The highest BCUT2D eigenvalue weighted by atomic mass is 79.9. The Hall–Kier alpha value is -0.600. The Morgan fingerprint density at radius 1 is 1.38 bits per heavy atom. The second-order valence-electron chi connectivity index (χ2n) is 2.92. The highest BCUT2D eigenvalue weighted by molar-refractivity contribution is 9.10. The van der Waals surface area contributed by atoms with E-state index in [1.54, 1.807) is 6.20 Å². The zero-order chi connectivity index (χ0) is 9.42. The van der Waals surface area contributed by atoms with Gasteiger partial charge in [0.05, 0.1) is 0 Å². The van der Waals surface area contributed by atoms with E-state index in [-0.39, 0.29) is 0 Å². The van der Waals surface area contributed by atoms with E-state index in [4.69, 9.17) is 11.6 Å². The Kier molecular flexibility index (Phi) is 2.26. The molecule has 0 saturated heterocycles. The molecular formula is C10H7BrClN. The molecule has 1 aromatic carbocycles. The number of hydrogen-bond donors (Lipinski definition) is 0. The zero-order valence-corrected chi connectivity index (χ0v) is 9.35. The first kappa shape index (κ1) is 8.97. The third kappa shape index (κ3) is 1.56. The zero-order valence-electron chi connectivity index (χ0n) is 7.01. The maximum Gasteiger partial charge on any atom is 0.129 e. The summed E-state index contributed by atoms with van der Waals surface area (Å²) in [7, 11) is 0. The highest BCUT2D eigenvalue weighted by Crippen LogP contribution is 2.27. The monoisotopic (exact) mass is 255 g/mol. The molecule has 2 rings (SSSR count). The summed E-state index contributed by atoms with van der Waals surface area (Å²) in [5.74, 6) is 0. The number of aromatic nitrogens is 1. The van der Waals surface area contributed by atoms with Crippen molar-refractivity contribution in [1.29, 1.82) is 0 Å². The van der Waals surface area contributed by atoms with Gasteiger partial charge in [-0.1, -0.05) is 23.7 Å². The van der Waals surface area contributed by atoms with Crippen LogP contribution >= 0.6 is 27.5 Å². The number of fused-ring (bicyclic) bond motifs is 1. The van der Waals surface area contributed by atoms with Gasteiger partial charge in [0.2, 0.25) is 0 Å². The van der Waals surface area contributed by atoms with E-state index in [0.717, 1.165) is 15.2 Å². The number of halogens is 2. The van der Waals surface area contributed by atoms with E-state index in [9.17, 15) is 0 Å². The fourth-order valence-electron chi connectivity index (χ4n) is 1.27. The van der Waals surface area contributed by atoms with Crippen LogP contribution in [0.5, 0.6) is 0 Å². The lowest BCUT2D eigenvalue weighted by atomic mass is 10.1. The Bertz CT molecular complexity index is 468. The highest BCUT2D eigenvalue weighted by Gasteiger charge is 2.02. The van der Waals surface area contributed by atoms with Gasteiger partial charge < -0.3 is 0 Å². The molecule has 0 aliphatic rings. The van der Waals surface area contributed by atoms with Crippen LogP contribution in [0.25, 0.3) is 10.8 Å². The van der Waals surface area contributed by atoms with Crippen LogP contribution in [0.3, 0.4) is 0 Å². The fraction of sp³-hybridized carbons (Fsp3) is 0.100. The van der Waals surface area contributed by atoms with Gasteiger partial charge in [-0.25, -0.2) is 4.98 Å². The van der Waals surface area contributed by atoms with Gasteiger partial charge in [0.25, 0.3) is 0 Å². The minimum absolute atomic E-state index is 0.531. The molecule has 0 aliphatic carbocycles. The van der Waals surface area contributed by atoms with Crippen LogP contribution in [-0.2, 0) is 0 Å². The summed E-state index contributed by atoms with van der Waals surface area (Å²) in [5, 5.41) is 2.74. The SMILES string of the molecule is Cc1ccc2cc(Cl)ncc2c1Br. The summed E-state index contributed by atoms with van der Waals surface area (Å²) in [6.07, 6.45) is 1.79. The molecule has 66 valence electrons. The average Bonchev–Trinajstić information content (AvgIpc) is 2.12. The predicted molar refractivity (Wildman–Crippen MR) is 59.2 cm³/mol. The normalized spacial score (nSPS) is 10.7. The summed E-state index contributed by atoms with van der Waals surface area (Å²) in [4.78, 5) is 4.04. The van der Waals surface area contributed by atoms with Crippen LogP contribution in [0, 0.1) is 6.92 Å². The lowest BCUT2D eigenvalue weighted by Crippen LogP contribution is -1.81. The van der Waals surface area contributed by atoms with E-state index in [2.05, 4.69) is 33.9 Å². The van der Waals surface area contributed by atoms with Gasteiger partial charge in [-0.05, 0) is 39.9 Å². The fourth-order valence-corrected chi connectivity index (χ4v) is 1.90. The molecule has 1 heterocycles. The summed E-state index contributed by atoms with van der Waals surface area (Å²) in [6, 6.07) is 5.97. The minimum atomic E-state index is 0.531. The van der Waals surface area contributed by atoms with Gasteiger partial charge >= 0.3 is 0 Å². The van der Waals surface area contributed by atoms with Crippen molar-refractivity contribution in [1.82, 2.24) is 4.98 Å². The Morgan fingerprint density at radius 2 is 2.15 bits per heavy atom. The van der Waals surface area contributed by atoms with E-state index in [1.165, 1.54) is 5.56 Å². The van der Waals surface area contributed by atoms with Crippen molar-refractivity contribution in [2.75, 3.05) is 0 Å². The minimum Gasteiger partial charge on any atom is -0.244 e. The van der Waals surface area contributed by atoms with Gasteiger partial charge in [-0.15, -0.1) is 0 Å². The largest absolute Gasteiger partial charge is 0.244 e. The van der Waals surface area contributed by atoms with Crippen LogP contribution in [0.4, 0.5) is 0 Å². The maximum atomic E-state index is 5.78. The molecule has 0 aliphatic heterocycles. The Labute approximate surface area is 89.9 Å². The molecule has 0 spiro atoms. The molecule has 2 aromatic rings. The van der Waals surface area contributed by atoms with Crippen molar-refractivity contribution >= 4 is 38.3 Å². The van der Waals surface area contributed by atoms with Crippen molar-refractivity contribution in [2.24, 2.45) is 0 Å². The number of hydrogen-bond acceptors (Lipinski definition) is 1. The number of nitrogens with zero attached hydrogens (tertiary/aromatic N) is 1. The predicted octanol–water partition coefficient (Wildman–Crippen LogP) is 3.96. The first-order chi connectivity index (χ1) is 6.18. The summed E-state index contributed by atoms with van der Waals surface area (Å²) >= 11 is 9.31. The van der Waals surface area contributed by atoms with Crippen LogP contribution in [0.15, 0.2) is 28.9 Å². The van der Waals surface area contributed by atoms with Crippen LogP contribution in [0.1, 0.15) is 5.56 Å². The molecule has 0 fully saturated rings. The van der Waals surface area contributed by atoms with E-state index in [0.29, 0.717) is 5.15 Å². The standard InChI is InChI=1S/C10H7BrClN/c1-6-2-3-7-4-9(12)13-5-8(7)10(6)11/h2-5H,1H3. The van der Waals surface area contributed by atoms with Crippen LogP contribution in [0.2, 0.25) is 5.15 Å². The molecule has 3 heteroatoms. The topological polar surface area (TPSA) is 12.9 Å². The van der Waals surface area contributed by atoms with E-state index >= 15 is 0 Å². The lowest BCUT2D eigenvalue weighted by molar-refractivity contribution is 1.35. The summed E-state index contributed by atoms with van der Waals surface area (Å²) < 4.78 is 1.09. The summed E-state index contributed by atoms with van der Waals surface area (Å²) in [5.41, 5.74) is 1.21. The first-order valence-corrected chi connectivity index (χ1v) is 5.06. The molecule has 0 amide bonds. The van der Waals surface area contributed by atoms with Crippen LogP contribution in [-0.4, -0.2) is 4.98 Å². The second kappa shape index (κ2) is 3.28. The van der Waals surface area contributed by atoms with Gasteiger partial charge in [-0.3, -0.25) is 0 Å². The van der Waals surface area contributed by atoms with Gasteiger partial charge in [0.1, 0.15) is 5.15 Å². The molecule has 1 aromatic heterocycles. The molecule has 13 heavy (non-hydrogen) atoms. The van der Waals surface area contributed by atoms with Crippen molar-refractivity contribution in [3.05, 3.63) is 39.6 Å². The molecule has 1 nitrogen and oxygen atoms in total. The van der Waals surface area contributed by atoms with Gasteiger partial charge in [0.15, 0.2) is 0 Å². The van der Waals surface area contributed by atoms with Crippen molar-refractivity contribution in [3.8, 4) is 0 Å². The second-order valence-corrected chi connectivity index (χ2v) is 4.10. The first-order valence-electron chi connectivity index (χ1n) is 3.89. The Morgan fingerprint density at radius 3 is 2.92 bits per heavy atom. The van der Waals surface area contributed by atoms with Crippen molar-refractivity contribution < 1.29 is 0 Å². The van der Waals surface area contributed by atoms with E-state index in [1.807, 2.05) is 12.1 Å². The third-order valence-corrected chi connectivity index (χ3v) is 3.26. The molecular weight excluding hydrogens is 249 g/mol. The smallest absolute Gasteiger partial charge is 0.129 e. The number of benzene rings is 1. The maximum absolute atomic E-state index is 5.78. The molecule has 0 radical (unpaired) electrons. The van der Waals surface area contributed by atoms with Crippen LogP contribution < -0.4 is 0 Å². The molecule has 0 unspecified atom stereocenters. The number of rotatable bonds is 0. The van der Waals surface area contributed by atoms with Crippen molar-refractivity contribution in [3.63, 3.8) is 0 Å². The number of pyridine rings is 1. The molecule has 0 N–H and O–H groups in total. The number of aryl methyl sites for hydroxylation is 1. The van der Waals surface area contributed by atoms with E-state index < -0.39 is 0 Å². The Balaban J connectivity index is 2.87. The average molecular weight is 257 g/mol. The van der Waals surface area contributed by atoms with Crippen molar-refractivity contribution in [2.45, 2.75) is 6.92 Å².